The van der Waals surface area contributed by atoms with Crippen LogP contribution in [0.4, 0.5) is 0 Å². The molecule has 1 atom stereocenters. The van der Waals surface area contributed by atoms with E-state index in [1.807, 2.05) is 31.2 Å². The predicted octanol–water partition coefficient (Wildman–Crippen LogP) is 2.74. The van der Waals surface area contributed by atoms with Gasteiger partial charge < -0.3 is 4.74 Å². The zero-order chi connectivity index (χ0) is 13.1. The molecule has 0 aromatic heterocycles. The molecule has 1 N–H and O–H groups in total. The lowest BCUT2D eigenvalue weighted by molar-refractivity contribution is 0.413. The molecule has 1 heterocycles. The van der Waals surface area contributed by atoms with Crippen LogP contribution in [-0.2, 0) is 0 Å². The number of methoxy groups -OCH3 is 1. The quantitative estimate of drug-likeness (QED) is 0.657. The highest BCUT2D eigenvalue weighted by molar-refractivity contribution is 6.06. The minimum Gasteiger partial charge on any atom is -0.496 e. The summed E-state index contributed by atoms with van der Waals surface area (Å²) in [6, 6.07) is 7.90. The number of hydrazone groups is 1. The summed E-state index contributed by atoms with van der Waals surface area (Å²) in [4.78, 5) is 0. The molecule has 1 aliphatic rings. The smallest absolute Gasteiger partial charge is 0.127 e. The topological polar surface area (TPSA) is 48.7 Å². The summed E-state index contributed by atoms with van der Waals surface area (Å²) < 4.78 is 5.38. The van der Waals surface area contributed by atoms with E-state index in [1.165, 1.54) is 0 Å². The van der Waals surface area contributed by atoms with Crippen molar-refractivity contribution in [2.45, 2.75) is 20.3 Å². The first-order valence-electron chi connectivity index (χ1n) is 6.24. The Morgan fingerprint density at radius 3 is 2.89 bits per heavy atom. The number of hydrogen-bond donors (Lipinski definition) is 1. The van der Waals surface area contributed by atoms with E-state index in [1.54, 1.807) is 12.1 Å². The van der Waals surface area contributed by atoms with Crippen LogP contribution in [0.25, 0.3) is 0 Å². The van der Waals surface area contributed by atoms with Crippen molar-refractivity contribution in [3.05, 3.63) is 29.8 Å². The van der Waals surface area contributed by atoms with E-state index in [0.29, 0.717) is 18.2 Å². The summed E-state index contributed by atoms with van der Waals surface area (Å²) in [7, 11) is 1.67. The van der Waals surface area contributed by atoms with Crippen LogP contribution in [0.3, 0.4) is 0 Å². The average molecular weight is 245 g/mol. The van der Waals surface area contributed by atoms with E-state index >= 15 is 0 Å². The zero-order valence-corrected chi connectivity index (χ0v) is 11.1. The van der Waals surface area contributed by atoms with Gasteiger partial charge in [-0.05, 0) is 12.1 Å². The van der Waals surface area contributed by atoms with Gasteiger partial charge in [0.25, 0.3) is 0 Å². The first-order chi connectivity index (χ1) is 8.67. The van der Waals surface area contributed by atoms with Gasteiger partial charge in [0.05, 0.1) is 19.4 Å². The predicted molar refractivity (Wildman–Crippen MR) is 73.4 cm³/mol. The molecule has 0 spiro atoms. The van der Waals surface area contributed by atoms with Gasteiger partial charge in [-0.1, -0.05) is 26.0 Å². The van der Waals surface area contributed by atoms with E-state index < -0.39 is 0 Å². The minimum absolute atomic E-state index is 0.313. The summed E-state index contributed by atoms with van der Waals surface area (Å²) in [6.45, 7) is 4.89. The van der Waals surface area contributed by atoms with Crippen molar-refractivity contribution in [2.24, 2.45) is 11.0 Å². The second-order valence-corrected chi connectivity index (χ2v) is 4.47. The Kier molecular flexibility index (Phi) is 3.65. The molecule has 96 valence electrons. The van der Waals surface area contributed by atoms with E-state index in [4.69, 9.17) is 10.1 Å². The Balaban J connectivity index is 2.35. The second kappa shape index (κ2) is 5.21. The third-order valence-corrected chi connectivity index (χ3v) is 3.17. The fraction of sp³-hybridized carbons (Fsp3) is 0.429. The van der Waals surface area contributed by atoms with Gasteiger partial charge in [0, 0.05) is 17.9 Å². The zero-order valence-electron chi connectivity index (χ0n) is 11.1. The minimum atomic E-state index is 0.313. The van der Waals surface area contributed by atoms with Gasteiger partial charge in [-0.2, -0.15) is 5.10 Å². The van der Waals surface area contributed by atoms with Gasteiger partial charge >= 0.3 is 0 Å². The Bertz CT molecular complexity index is 482. The first kappa shape index (κ1) is 12.6. The molecular weight excluding hydrogens is 226 g/mol. The van der Waals surface area contributed by atoms with Crippen molar-refractivity contribution in [3.8, 4) is 5.75 Å². The molecule has 0 fully saturated rings. The number of benzene rings is 1. The van der Waals surface area contributed by atoms with Crippen molar-refractivity contribution >= 4 is 11.5 Å². The van der Waals surface area contributed by atoms with Crippen LogP contribution in [0.1, 0.15) is 25.8 Å². The van der Waals surface area contributed by atoms with Crippen molar-refractivity contribution < 1.29 is 4.74 Å². The van der Waals surface area contributed by atoms with Gasteiger partial charge in [0.1, 0.15) is 11.6 Å². The summed E-state index contributed by atoms with van der Waals surface area (Å²) in [5.74, 6) is 1.72. The summed E-state index contributed by atoms with van der Waals surface area (Å²) in [6.07, 6.45) is 0.704. The van der Waals surface area contributed by atoms with Crippen LogP contribution in [0.5, 0.6) is 5.75 Å². The normalized spacial score (nSPS) is 18.7. The monoisotopic (exact) mass is 245 g/mol. The molecular formula is C14H19N3O. The van der Waals surface area contributed by atoms with Crippen LogP contribution in [0.15, 0.2) is 29.4 Å². The van der Waals surface area contributed by atoms with Crippen LogP contribution < -0.4 is 4.74 Å². The van der Waals surface area contributed by atoms with Gasteiger partial charge in [-0.25, -0.2) is 0 Å². The van der Waals surface area contributed by atoms with Crippen LogP contribution in [0.2, 0.25) is 0 Å². The Labute approximate surface area is 108 Å². The number of nitrogens with zero attached hydrogens (tertiary/aromatic N) is 2. The maximum atomic E-state index is 7.86. The fourth-order valence-electron chi connectivity index (χ4n) is 2.14. The largest absolute Gasteiger partial charge is 0.496 e. The molecule has 0 aliphatic carbocycles. The summed E-state index contributed by atoms with van der Waals surface area (Å²) in [5.41, 5.74) is 2.03. The molecule has 0 radical (unpaired) electrons. The van der Waals surface area contributed by atoms with Crippen molar-refractivity contribution in [1.82, 2.24) is 5.01 Å². The highest BCUT2D eigenvalue weighted by Gasteiger charge is 2.27. The van der Waals surface area contributed by atoms with E-state index in [2.05, 4.69) is 12.0 Å². The van der Waals surface area contributed by atoms with Crippen LogP contribution >= 0.6 is 0 Å². The highest BCUT2D eigenvalue weighted by atomic mass is 16.5. The molecule has 1 aromatic rings. The third kappa shape index (κ3) is 2.23. The molecule has 2 rings (SSSR count). The molecule has 0 bridgehead atoms. The molecule has 1 unspecified atom stereocenters. The molecule has 0 saturated heterocycles. The number of amidine groups is 1. The maximum absolute atomic E-state index is 7.86. The summed E-state index contributed by atoms with van der Waals surface area (Å²) >= 11 is 0. The van der Waals surface area contributed by atoms with Crippen LogP contribution in [0, 0.1) is 11.3 Å². The number of para-hydroxylation sites is 1. The first-order valence-corrected chi connectivity index (χ1v) is 6.24. The number of hydrogen-bond acceptors (Lipinski definition) is 3. The number of nitrogens with one attached hydrogen (secondary N) is 1. The number of rotatable bonds is 3. The Hall–Kier alpha value is -1.84. The molecule has 1 aromatic carbocycles. The molecule has 0 saturated carbocycles. The van der Waals surface area contributed by atoms with Crippen molar-refractivity contribution in [1.29, 1.82) is 5.41 Å². The molecule has 4 heteroatoms. The summed E-state index contributed by atoms with van der Waals surface area (Å²) in [5, 5.41) is 14.2. The third-order valence-electron chi connectivity index (χ3n) is 3.17. The van der Waals surface area contributed by atoms with E-state index in [-0.39, 0.29) is 0 Å². The standard InChI is InChI=1S/C14H19N3O/c1-4-13(15)17-9-10(2)14(16-17)11-7-5-6-8-12(11)18-3/h5-8,10,15H,4,9H2,1-3H3. The molecule has 4 nitrogen and oxygen atoms in total. The Morgan fingerprint density at radius 2 is 2.22 bits per heavy atom. The second-order valence-electron chi connectivity index (χ2n) is 4.47. The Morgan fingerprint density at radius 1 is 1.50 bits per heavy atom. The lowest BCUT2D eigenvalue weighted by atomic mass is 9.98. The lowest BCUT2D eigenvalue weighted by Crippen LogP contribution is -2.23. The molecule has 0 amide bonds. The number of ether oxygens (including phenoxy) is 1. The van der Waals surface area contributed by atoms with E-state index in [0.717, 1.165) is 23.6 Å². The van der Waals surface area contributed by atoms with Gasteiger partial charge in [0.15, 0.2) is 0 Å². The van der Waals surface area contributed by atoms with Gasteiger partial charge in [-0.15, -0.1) is 0 Å². The fourth-order valence-corrected chi connectivity index (χ4v) is 2.14. The molecule has 1 aliphatic heterocycles. The lowest BCUT2D eigenvalue weighted by Gasteiger charge is -2.13. The van der Waals surface area contributed by atoms with E-state index in [9.17, 15) is 0 Å². The van der Waals surface area contributed by atoms with Crippen molar-refractivity contribution in [3.63, 3.8) is 0 Å². The van der Waals surface area contributed by atoms with Gasteiger partial charge in [-0.3, -0.25) is 10.4 Å². The average Bonchev–Trinajstić information content (AvgIpc) is 2.79. The maximum Gasteiger partial charge on any atom is 0.127 e. The van der Waals surface area contributed by atoms with Gasteiger partial charge in [0.2, 0.25) is 0 Å². The van der Waals surface area contributed by atoms with Crippen molar-refractivity contribution in [2.75, 3.05) is 13.7 Å². The highest BCUT2D eigenvalue weighted by Crippen LogP contribution is 2.26. The SMILES string of the molecule is CCC(=N)N1CC(C)C(c2ccccc2OC)=N1. The van der Waals surface area contributed by atoms with Crippen LogP contribution in [-0.4, -0.2) is 30.2 Å². The molecule has 18 heavy (non-hydrogen) atoms.